The Morgan fingerprint density at radius 2 is 1.94 bits per heavy atom. The number of nitrogen functional groups attached to an aromatic ring is 1. The summed E-state index contributed by atoms with van der Waals surface area (Å²) in [6.45, 7) is 0. The Morgan fingerprint density at radius 1 is 1.18 bits per heavy atom. The van der Waals surface area contributed by atoms with Crippen molar-refractivity contribution in [3.63, 3.8) is 0 Å². The van der Waals surface area contributed by atoms with Gasteiger partial charge in [0.15, 0.2) is 5.82 Å². The van der Waals surface area contributed by atoms with E-state index in [4.69, 9.17) is 5.73 Å². The lowest BCUT2D eigenvalue weighted by Gasteiger charge is -2.03. The molecule has 2 aromatic heterocycles. The number of nitrogens with two attached hydrogens (primary N) is 1. The molecule has 0 bridgehead atoms. The number of benzene rings is 1. The Bertz CT molecular complexity index is 674. The number of hydrogen-bond acceptors (Lipinski definition) is 4. The molecule has 0 radical (unpaired) electrons. The largest absolute Gasteiger partial charge is 0.381 e. The number of aromatic nitrogens is 4. The van der Waals surface area contributed by atoms with Crippen molar-refractivity contribution in [2.45, 2.75) is 0 Å². The second-order valence-corrected chi connectivity index (χ2v) is 3.58. The molecule has 0 unspecified atom stereocenters. The summed E-state index contributed by atoms with van der Waals surface area (Å²) in [6, 6.07) is 6.05. The molecular weight excluding hydrogens is 221 g/mol. The van der Waals surface area contributed by atoms with Crippen molar-refractivity contribution in [2.75, 3.05) is 5.73 Å². The van der Waals surface area contributed by atoms with Gasteiger partial charge in [-0.15, -0.1) is 10.2 Å². The van der Waals surface area contributed by atoms with Crippen molar-refractivity contribution in [1.82, 2.24) is 19.6 Å². The average molecular weight is 229 g/mol. The van der Waals surface area contributed by atoms with E-state index in [1.54, 1.807) is 29.1 Å². The van der Waals surface area contributed by atoms with E-state index in [1.165, 1.54) is 12.1 Å². The van der Waals surface area contributed by atoms with Gasteiger partial charge in [-0.25, -0.2) is 9.37 Å². The SMILES string of the molecule is Nc1nc(-c2ccc(F)cc2)cn2cnnc12. The summed E-state index contributed by atoms with van der Waals surface area (Å²) in [5.74, 6) is 0.0106. The van der Waals surface area contributed by atoms with Gasteiger partial charge < -0.3 is 5.73 Å². The molecule has 5 nitrogen and oxygen atoms in total. The Kier molecular flexibility index (Phi) is 2.01. The first-order valence-electron chi connectivity index (χ1n) is 4.96. The summed E-state index contributed by atoms with van der Waals surface area (Å²) in [6.07, 6.45) is 3.29. The van der Waals surface area contributed by atoms with Gasteiger partial charge in [0.2, 0.25) is 5.65 Å². The molecule has 3 aromatic rings. The number of nitrogens with zero attached hydrogens (tertiary/aromatic N) is 4. The smallest absolute Gasteiger partial charge is 0.203 e. The third-order valence-corrected chi connectivity index (χ3v) is 2.44. The van der Waals surface area contributed by atoms with Crippen LogP contribution >= 0.6 is 0 Å². The number of rotatable bonds is 1. The van der Waals surface area contributed by atoms with E-state index in [0.29, 0.717) is 17.2 Å². The minimum Gasteiger partial charge on any atom is -0.381 e. The summed E-state index contributed by atoms with van der Waals surface area (Å²) >= 11 is 0. The molecule has 17 heavy (non-hydrogen) atoms. The zero-order valence-electron chi connectivity index (χ0n) is 8.71. The van der Waals surface area contributed by atoms with Crippen LogP contribution in [0.5, 0.6) is 0 Å². The van der Waals surface area contributed by atoms with Crippen LogP contribution in [-0.2, 0) is 0 Å². The van der Waals surface area contributed by atoms with E-state index in [0.717, 1.165) is 5.56 Å². The quantitative estimate of drug-likeness (QED) is 0.686. The minimum atomic E-state index is -0.285. The van der Waals surface area contributed by atoms with Crippen molar-refractivity contribution < 1.29 is 4.39 Å². The van der Waals surface area contributed by atoms with Gasteiger partial charge in [0, 0.05) is 11.8 Å². The van der Waals surface area contributed by atoms with Crippen LogP contribution in [-0.4, -0.2) is 19.6 Å². The fourth-order valence-corrected chi connectivity index (χ4v) is 1.62. The first-order chi connectivity index (χ1) is 8.24. The normalized spacial score (nSPS) is 10.9. The average Bonchev–Trinajstić information content (AvgIpc) is 2.78. The Hall–Kier alpha value is -2.50. The van der Waals surface area contributed by atoms with Crippen molar-refractivity contribution in [3.05, 3.63) is 42.6 Å². The minimum absolute atomic E-state index is 0.285. The van der Waals surface area contributed by atoms with Crippen molar-refractivity contribution >= 4 is 11.5 Å². The van der Waals surface area contributed by atoms with E-state index in [-0.39, 0.29) is 5.82 Å². The number of fused-ring (bicyclic) bond motifs is 1. The van der Waals surface area contributed by atoms with E-state index in [9.17, 15) is 4.39 Å². The van der Waals surface area contributed by atoms with Gasteiger partial charge in [-0.2, -0.15) is 0 Å². The van der Waals surface area contributed by atoms with Crippen LogP contribution in [0, 0.1) is 5.82 Å². The molecule has 3 rings (SSSR count). The summed E-state index contributed by atoms with van der Waals surface area (Å²) in [5, 5.41) is 7.58. The zero-order valence-corrected chi connectivity index (χ0v) is 8.71. The van der Waals surface area contributed by atoms with Gasteiger partial charge in [-0.1, -0.05) is 0 Å². The highest BCUT2D eigenvalue weighted by Crippen LogP contribution is 2.19. The summed E-state index contributed by atoms with van der Waals surface area (Å²) < 4.78 is 14.5. The van der Waals surface area contributed by atoms with E-state index in [2.05, 4.69) is 15.2 Å². The highest BCUT2D eigenvalue weighted by atomic mass is 19.1. The lowest BCUT2D eigenvalue weighted by atomic mass is 10.1. The molecule has 0 aliphatic rings. The van der Waals surface area contributed by atoms with Gasteiger partial charge >= 0.3 is 0 Å². The maximum atomic E-state index is 12.8. The van der Waals surface area contributed by atoms with E-state index < -0.39 is 0 Å². The number of hydrogen-bond donors (Lipinski definition) is 1. The molecule has 0 spiro atoms. The molecule has 0 atom stereocenters. The standard InChI is InChI=1S/C11H8FN5/c12-8-3-1-7(2-4-8)9-5-17-6-14-16-11(17)10(13)15-9/h1-6H,(H2,13,15). The van der Waals surface area contributed by atoms with E-state index >= 15 is 0 Å². The van der Waals surface area contributed by atoms with Crippen molar-refractivity contribution in [3.8, 4) is 11.3 Å². The monoisotopic (exact) mass is 229 g/mol. The molecule has 0 amide bonds. The number of anilines is 1. The Labute approximate surface area is 95.7 Å². The van der Waals surface area contributed by atoms with Crippen LogP contribution in [0.1, 0.15) is 0 Å². The second-order valence-electron chi connectivity index (χ2n) is 3.58. The van der Waals surface area contributed by atoms with Gasteiger partial charge in [0.1, 0.15) is 12.1 Å². The van der Waals surface area contributed by atoms with Gasteiger partial charge in [0.25, 0.3) is 0 Å². The predicted octanol–water partition coefficient (Wildman–Crippen LogP) is 1.51. The summed E-state index contributed by atoms with van der Waals surface area (Å²) in [5.41, 5.74) is 7.70. The molecule has 2 N–H and O–H groups in total. The van der Waals surface area contributed by atoms with Gasteiger partial charge in [0.05, 0.1) is 5.69 Å². The van der Waals surface area contributed by atoms with Crippen LogP contribution in [0.15, 0.2) is 36.8 Å². The fourth-order valence-electron chi connectivity index (χ4n) is 1.62. The molecule has 0 aliphatic heterocycles. The number of halogens is 1. The van der Waals surface area contributed by atoms with Gasteiger partial charge in [-0.3, -0.25) is 4.40 Å². The second kappa shape index (κ2) is 3.51. The topological polar surface area (TPSA) is 69.1 Å². The molecule has 0 fully saturated rings. The van der Waals surface area contributed by atoms with Crippen LogP contribution in [0.25, 0.3) is 16.9 Å². The molecule has 1 aromatic carbocycles. The first-order valence-corrected chi connectivity index (χ1v) is 4.96. The van der Waals surface area contributed by atoms with Crippen LogP contribution in [0.4, 0.5) is 10.2 Å². The maximum absolute atomic E-state index is 12.8. The summed E-state index contributed by atoms with van der Waals surface area (Å²) in [4.78, 5) is 4.21. The third kappa shape index (κ3) is 1.59. The summed E-state index contributed by atoms with van der Waals surface area (Å²) in [7, 11) is 0. The van der Waals surface area contributed by atoms with E-state index in [1.807, 2.05) is 0 Å². The van der Waals surface area contributed by atoms with Crippen molar-refractivity contribution in [1.29, 1.82) is 0 Å². The highest BCUT2D eigenvalue weighted by Gasteiger charge is 2.06. The lowest BCUT2D eigenvalue weighted by molar-refractivity contribution is 0.628. The molecule has 84 valence electrons. The maximum Gasteiger partial charge on any atom is 0.203 e. The first kappa shape index (κ1) is 9.71. The van der Waals surface area contributed by atoms with Gasteiger partial charge in [-0.05, 0) is 24.3 Å². The zero-order chi connectivity index (χ0) is 11.8. The van der Waals surface area contributed by atoms with Crippen LogP contribution in [0.3, 0.4) is 0 Å². The molecule has 0 saturated heterocycles. The lowest BCUT2D eigenvalue weighted by Crippen LogP contribution is -1.98. The molecule has 2 heterocycles. The highest BCUT2D eigenvalue weighted by molar-refractivity contribution is 5.66. The molecular formula is C11H8FN5. The van der Waals surface area contributed by atoms with Crippen molar-refractivity contribution in [2.24, 2.45) is 0 Å². The Balaban J connectivity index is 2.20. The molecule has 0 saturated carbocycles. The molecule has 0 aliphatic carbocycles. The third-order valence-electron chi connectivity index (χ3n) is 2.44. The fraction of sp³-hybridized carbons (Fsp3) is 0. The van der Waals surface area contributed by atoms with Crippen LogP contribution < -0.4 is 5.73 Å². The predicted molar refractivity (Wildman–Crippen MR) is 60.6 cm³/mol. The molecule has 6 heteroatoms. The van der Waals surface area contributed by atoms with Crippen LogP contribution in [0.2, 0.25) is 0 Å². The Morgan fingerprint density at radius 3 is 2.71 bits per heavy atom.